The fourth-order valence-corrected chi connectivity index (χ4v) is 2.83. The van der Waals surface area contributed by atoms with Gasteiger partial charge in [0.1, 0.15) is 0 Å². The molecule has 1 nitrogen and oxygen atoms in total. The number of pyridine rings is 1. The summed E-state index contributed by atoms with van der Waals surface area (Å²) in [7, 11) is 0. The van der Waals surface area contributed by atoms with Gasteiger partial charge in [0.05, 0.1) is 5.52 Å². The van der Waals surface area contributed by atoms with Crippen LogP contribution >= 0.6 is 15.9 Å². The third kappa shape index (κ3) is 2.04. The lowest BCUT2D eigenvalue weighted by Gasteiger charge is -2.06. The number of fused-ring (bicyclic) bond motifs is 1. The Morgan fingerprint density at radius 2 is 1.72 bits per heavy atom. The van der Waals surface area contributed by atoms with Gasteiger partial charge < -0.3 is 0 Å². The average Bonchev–Trinajstić information content (AvgIpc) is 2.39. The van der Waals surface area contributed by atoms with Gasteiger partial charge in [0.15, 0.2) is 0 Å². The second-order valence-electron chi connectivity index (χ2n) is 4.41. The van der Waals surface area contributed by atoms with E-state index < -0.39 is 0 Å². The average molecular weight is 298 g/mol. The molecule has 0 aliphatic carbocycles. The lowest BCUT2D eigenvalue weighted by Crippen LogP contribution is -1.85. The number of nitrogens with zero attached hydrogens (tertiary/aromatic N) is 1. The monoisotopic (exact) mass is 297 g/mol. The summed E-state index contributed by atoms with van der Waals surface area (Å²) in [6, 6.07) is 16.8. The molecule has 0 aliphatic rings. The Balaban J connectivity index is 2.23. The van der Waals surface area contributed by atoms with E-state index in [1.165, 1.54) is 16.5 Å². The fraction of sp³-hybridized carbons (Fsp3) is 0.0625. The second kappa shape index (κ2) is 4.54. The predicted octanol–water partition coefficient (Wildman–Crippen LogP) is 4.97. The van der Waals surface area contributed by atoms with Gasteiger partial charge >= 0.3 is 0 Å². The molecule has 0 bridgehead atoms. The summed E-state index contributed by atoms with van der Waals surface area (Å²) in [5, 5.41) is 1.17. The predicted molar refractivity (Wildman–Crippen MR) is 79.6 cm³/mol. The summed E-state index contributed by atoms with van der Waals surface area (Å²) < 4.78 is 1.05. The van der Waals surface area contributed by atoms with Gasteiger partial charge in [-0.1, -0.05) is 30.3 Å². The van der Waals surface area contributed by atoms with Crippen LogP contribution in [0.2, 0.25) is 0 Å². The first kappa shape index (κ1) is 11.4. The summed E-state index contributed by atoms with van der Waals surface area (Å²) in [4.78, 5) is 4.55. The van der Waals surface area contributed by atoms with E-state index in [9.17, 15) is 0 Å². The van der Waals surface area contributed by atoms with E-state index in [4.69, 9.17) is 0 Å². The van der Waals surface area contributed by atoms with E-state index in [2.05, 4.69) is 58.2 Å². The van der Waals surface area contributed by atoms with Crippen molar-refractivity contribution in [1.29, 1.82) is 0 Å². The third-order valence-electron chi connectivity index (χ3n) is 2.99. The van der Waals surface area contributed by atoms with Crippen molar-refractivity contribution in [2.24, 2.45) is 0 Å². The van der Waals surface area contributed by atoms with Crippen LogP contribution in [0.15, 0.2) is 59.2 Å². The SMILES string of the molecule is Cc1cc(Br)c2ncc(-c3ccccc3)cc2c1. The van der Waals surface area contributed by atoms with Crippen molar-refractivity contribution in [2.75, 3.05) is 0 Å². The van der Waals surface area contributed by atoms with Gasteiger partial charge in [-0.15, -0.1) is 0 Å². The summed E-state index contributed by atoms with van der Waals surface area (Å²) in [5.74, 6) is 0. The van der Waals surface area contributed by atoms with Crippen LogP contribution in [-0.2, 0) is 0 Å². The highest BCUT2D eigenvalue weighted by molar-refractivity contribution is 9.10. The van der Waals surface area contributed by atoms with Crippen molar-refractivity contribution in [3.63, 3.8) is 0 Å². The Bertz CT molecular complexity index is 705. The van der Waals surface area contributed by atoms with Gasteiger partial charge in [-0.05, 0) is 52.2 Å². The quantitative estimate of drug-likeness (QED) is 0.618. The highest BCUT2D eigenvalue weighted by Crippen LogP contribution is 2.27. The molecule has 2 heteroatoms. The van der Waals surface area contributed by atoms with Crippen molar-refractivity contribution in [1.82, 2.24) is 4.98 Å². The molecular formula is C16H12BrN. The number of rotatable bonds is 1. The van der Waals surface area contributed by atoms with E-state index in [0.29, 0.717) is 0 Å². The number of aromatic nitrogens is 1. The second-order valence-corrected chi connectivity index (χ2v) is 5.26. The van der Waals surface area contributed by atoms with E-state index in [1.54, 1.807) is 0 Å². The molecule has 0 atom stereocenters. The molecule has 0 unspecified atom stereocenters. The molecular weight excluding hydrogens is 286 g/mol. The Kier molecular flexibility index (Phi) is 2.88. The van der Waals surface area contributed by atoms with Gasteiger partial charge in [-0.25, -0.2) is 0 Å². The van der Waals surface area contributed by atoms with Crippen molar-refractivity contribution >= 4 is 26.8 Å². The molecule has 2 aromatic carbocycles. The van der Waals surface area contributed by atoms with E-state index >= 15 is 0 Å². The number of aryl methyl sites for hydroxylation is 1. The van der Waals surface area contributed by atoms with Crippen LogP contribution in [0, 0.1) is 6.92 Å². The van der Waals surface area contributed by atoms with Crippen molar-refractivity contribution in [2.45, 2.75) is 6.92 Å². The van der Waals surface area contributed by atoms with Crippen molar-refractivity contribution in [3.05, 3.63) is 64.8 Å². The van der Waals surface area contributed by atoms with Gasteiger partial charge in [0, 0.05) is 21.6 Å². The van der Waals surface area contributed by atoms with Crippen LogP contribution in [-0.4, -0.2) is 4.98 Å². The number of hydrogen-bond donors (Lipinski definition) is 0. The van der Waals surface area contributed by atoms with Gasteiger partial charge in [-0.2, -0.15) is 0 Å². The lowest BCUT2D eigenvalue weighted by molar-refractivity contribution is 1.38. The Hall–Kier alpha value is -1.67. The molecule has 0 spiro atoms. The zero-order chi connectivity index (χ0) is 12.5. The molecule has 0 saturated heterocycles. The molecule has 0 saturated carbocycles. The maximum Gasteiger partial charge on any atom is 0.0844 e. The minimum Gasteiger partial charge on any atom is -0.254 e. The third-order valence-corrected chi connectivity index (χ3v) is 3.59. The Morgan fingerprint density at radius 3 is 2.50 bits per heavy atom. The van der Waals surface area contributed by atoms with Crippen LogP contribution < -0.4 is 0 Å². The fourth-order valence-electron chi connectivity index (χ4n) is 2.14. The van der Waals surface area contributed by atoms with Crippen molar-refractivity contribution in [3.8, 4) is 11.1 Å². The first-order valence-corrected chi connectivity index (χ1v) is 6.65. The standard InChI is InChI=1S/C16H12BrN/c1-11-7-13-9-14(12-5-3-2-4-6-12)10-18-16(13)15(17)8-11/h2-10H,1H3. The van der Waals surface area contributed by atoms with E-state index in [-0.39, 0.29) is 0 Å². The molecule has 0 fully saturated rings. The summed E-state index contributed by atoms with van der Waals surface area (Å²) in [5.41, 5.74) is 4.60. The molecule has 0 N–H and O–H groups in total. The maximum atomic E-state index is 4.55. The van der Waals surface area contributed by atoms with Crippen LogP contribution in [0.1, 0.15) is 5.56 Å². The highest BCUT2D eigenvalue weighted by Gasteiger charge is 2.04. The van der Waals surface area contributed by atoms with E-state index in [0.717, 1.165) is 15.6 Å². The van der Waals surface area contributed by atoms with Crippen molar-refractivity contribution < 1.29 is 0 Å². The zero-order valence-corrected chi connectivity index (χ0v) is 11.6. The molecule has 18 heavy (non-hydrogen) atoms. The van der Waals surface area contributed by atoms with Crippen LogP contribution in [0.4, 0.5) is 0 Å². The van der Waals surface area contributed by atoms with Gasteiger partial charge in [0.2, 0.25) is 0 Å². The number of benzene rings is 2. The summed E-state index contributed by atoms with van der Waals surface area (Å²) >= 11 is 3.57. The lowest BCUT2D eigenvalue weighted by atomic mass is 10.0. The smallest absolute Gasteiger partial charge is 0.0844 e. The number of halogens is 1. The zero-order valence-electron chi connectivity index (χ0n) is 10.0. The molecule has 0 aliphatic heterocycles. The molecule has 0 amide bonds. The summed E-state index contributed by atoms with van der Waals surface area (Å²) in [6.45, 7) is 2.10. The molecule has 1 aromatic heterocycles. The number of hydrogen-bond acceptors (Lipinski definition) is 1. The minimum absolute atomic E-state index is 1.01. The van der Waals surface area contributed by atoms with Crippen LogP contribution in [0.5, 0.6) is 0 Å². The van der Waals surface area contributed by atoms with E-state index in [1.807, 2.05) is 24.4 Å². The maximum absolute atomic E-state index is 4.55. The van der Waals surface area contributed by atoms with Crippen LogP contribution in [0.25, 0.3) is 22.0 Å². The first-order chi connectivity index (χ1) is 8.74. The van der Waals surface area contributed by atoms with Gasteiger partial charge in [-0.3, -0.25) is 4.98 Å². The molecule has 88 valence electrons. The molecule has 1 heterocycles. The molecule has 3 aromatic rings. The molecule has 0 radical (unpaired) electrons. The first-order valence-electron chi connectivity index (χ1n) is 5.85. The Morgan fingerprint density at radius 1 is 0.944 bits per heavy atom. The Labute approximate surface area is 115 Å². The molecule has 3 rings (SSSR count). The minimum atomic E-state index is 1.01. The van der Waals surface area contributed by atoms with Crippen LogP contribution in [0.3, 0.4) is 0 Å². The topological polar surface area (TPSA) is 12.9 Å². The largest absolute Gasteiger partial charge is 0.254 e. The normalized spacial score (nSPS) is 10.8. The van der Waals surface area contributed by atoms with Gasteiger partial charge in [0.25, 0.3) is 0 Å². The summed E-state index contributed by atoms with van der Waals surface area (Å²) in [6.07, 6.45) is 1.93. The highest BCUT2D eigenvalue weighted by atomic mass is 79.9.